The van der Waals surface area contributed by atoms with Crippen LogP contribution in [0.25, 0.3) is 0 Å². The summed E-state index contributed by atoms with van der Waals surface area (Å²) in [5.74, 6) is 0.746. The number of thiophene rings is 1. The van der Waals surface area contributed by atoms with E-state index in [1.165, 1.54) is 9.75 Å². The number of hydrogen-bond donors (Lipinski definition) is 3. The molecule has 10 heteroatoms. The summed E-state index contributed by atoms with van der Waals surface area (Å²) in [4.78, 5) is 18.9. The zero-order valence-electron chi connectivity index (χ0n) is 15.1. The molecule has 1 atom stereocenters. The van der Waals surface area contributed by atoms with Crippen molar-refractivity contribution in [1.29, 1.82) is 0 Å². The van der Waals surface area contributed by atoms with Crippen molar-refractivity contribution in [2.24, 2.45) is 4.99 Å². The number of aliphatic imine (C=N–C) groups is 1. The van der Waals surface area contributed by atoms with Gasteiger partial charge < -0.3 is 16.0 Å². The lowest BCUT2D eigenvalue weighted by Crippen LogP contribution is -2.41. The Balaban J connectivity index is 0.00000338. The van der Waals surface area contributed by atoms with E-state index in [1.807, 2.05) is 6.92 Å². The van der Waals surface area contributed by atoms with Gasteiger partial charge in [-0.15, -0.1) is 35.3 Å². The van der Waals surface area contributed by atoms with Crippen molar-refractivity contribution in [3.8, 4) is 0 Å². The van der Waals surface area contributed by atoms with E-state index in [2.05, 4.69) is 40.0 Å². The van der Waals surface area contributed by atoms with Crippen molar-refractivity contribution < 1.29 is 13.2 Å². The average Bonchev–Trinajstić information content (AvgIpc) is 3.10. The normalized spacial score (nSPS) is 18.8. The van der Waals surface area contributed by atoms with Gasteiger partial charge in [0.05, 0.1) is 18.1 Å². The molecule has 148 valence electrons. The van der Waals surface area contributed by atoms with Gasteiger partial charge in [0.2, 0.25) is 5.91 Å². The minimum absolute atomic E-state index is 0. The van der Waals surface area contributed by atoms with Gasteiger partial charge in [-0.3, -0.25) is 4.79 Å². The number of carbonyl (C=O) groups is 1. The SMILES string of the molecule is CCNC(=NCc1ccc(C)s1)NCCC(=O)NC1CCS(=O)(=O)C1.I. The van der Waals surface area contributed by atoms with Crippen LogP contribution in [0.2, 0.25) is 0 Å². The van der Waals surface area contributed by atoms with E-state index in [4.69, 9.17) is 0 Å². The molecule has 1 aromatic rings. The number of guanidine groups is 1. The number of nitrogens with one attached hydrogen (secondary N) is 3. The van der Waals surface area contributed by atoms with Gasteiger partial charge in [0.15, 0.2) is 15.8 Å². The van der Waals surface area contributed by atoms with Gasteiger partial charge >= 0.3 is 0 Å². The molecule has 1 aliphatic rings. The van der Waals surface area contributed by atoms with Crippen LogP contribution in [0.5, 0.6) is 0 Å². The Hall–Kier alpha value is -0.880. The van der Waals surface area contributed by atoms with Gasteiger partial charge in [-0.05, 0) is 32.4 Å². The Labute approximate surface area is 176 Å². The molecule has 1 saturated heterocycles. The quantitative estimate of drug-likeness (QED) is 0.291. The van der Waals surface area contributed by atoms with Crippen molar-refractivity contribution in [2.45, 2.75) is 39.3 Å². The number of halogens is 1. The highest BCUT2D eigenvalue weighted by Crippen LogP contribution is 2.15. The van der Waals surface area contributed by atoms with Gasteiger partial charge in [-0.1, -0.05) is 0 Å². The minimum Gasteiger partial charge on any atom is -0.357 e. The number of aryl methyl sites for hydroxylation is 1. The molecule has 0 radical (unpaired) electrons. The summed E-state index contributed by atoms with van der Waals surface area (Å²) < 4.78 is 22.8. The highest BCUT2D eigenvalue weighted by molar-refractivity contribution is 14.0. The first-order valence-electron chi connectivity index (χ1n) is 8.45. The molecule has 1 fully saturated rings. The first-order chi connectivity index (χ1) is 11.9. The van der Waals surface area contributed by atoms with E-state index in [1.54, 1.807) is 11.3 Å². The molecule has 2 rings (SSSR count). The van der Waals surface area contributed by atoms with Crippen molar-refractivity contribution in [3.05, 3.63) is 21.9 Å². The largest absolute Gasteiger partial charge is 0.357 e. The number of carbonyl (C=O) groups excluding carboxylic acids is 1. The van der Waals surface area contributed by atoms with Gasteiger partial charge in [-0.25, -0.2) is 13.4 Å². The minimum atomic E-state index is -2.97. The lowest BCUT2D eigenvalue weighted by Gasteiger charge is -2.13. The van der Waals surface area contributed by atoms with Crippen LogP contribution in [0.1, 0.15) is 29.5 Å². The van der Waals surface area contributed by atoms with E-state index < -0.39 is 9.84 Å². The second kappa shape index (κ2) is 11.1. The molecule has 3 N–H and O–H groups in total. The average molecular weight is 514 g/mol. The third kappa shape index (κ3) is 8.21. The molecule has 0 saturated carbocycles. The third-order valence-corrected chi connectivity index (χ3v) is 6.53. The second-order valence-corrected chi connectivity index (χ2v) is 9.65. The van der Waals surface area contributed by atoms with Crippen molar-refractivity contribution in [3.63, 3.8) is 0 Å². The standard InChI is InChI=1S/C16H26N4O3S2.HI/c1-3-17-16(19-10-14-5-4-12(2)24-14)18-8-6-15(21)20-13-7-9-25(22,23)11-13;/h4-5,13H,3,6-11H2,1-2H3,(H,20,21)(H2,17,18,19);1H. The fourth-order valence-corrected chi connectivity index (χ4v) is 5.06. The first kappa shape index (κ1) is 23.2. The number of nitrogens with zero attached hydrogens (tertiary/aromatic N) is 1. The van der Waals surface area contributed by atoms with Crippen molar-refractivity contribution >= 4 is 57.0 Å². The highest BCUT2D eigenvalue weighted by Gasteiger charge is 2.28. The lowest BCUT2D eigenvalue weighted by molar-refractivity contribution is -0.121. The smallest absolute Gasteiger partial charge is 0.222 e. The Kier molecular flexibility index (Phi) is 9.86. The van der Waals surface area contributed by atoms with Gasteiger partial charge in [0.1, 0.15) is 0 Å². The molecular formula is C16H27IN4O3S2. The fraction of sp³-hybridized carbons (Fsp3) is 0.625. The van der Waals surface area contributed by atoms with Gasteiger partial charge in [0.25, 0.3) is 0 Å². The van der Waals surface area contributed by atoms with Crippen molar-refractivity contribution in [1.82, 2.24) is 16.0 Å². The monoisotopic (exact) mass is 514 g/mol. The molecule has 7 nitrogen and oxygen atoms in total. The molecular weight excluding hydrogens is 487 g/mol. The van der Waals surface area contributed by atoms with E-state index >= 15 is 0 Å². The summed E-state index contributed by atoms with van der Waals surface area (Å²) in [6.07, 6.45) is 0.783. The first-order valence-corrected chi connectivity index (χ1v) is 11.1. The number of rotatable bonds is 7. The summed E-state index contributed by atoms with van der Waals surface area (Å²) in [7, 11) is -2.97. The topological polar surface area (TPSA) is 99.7 Å². The van der Waals surface area contributed by atoms with Gasteiger partial charge in [-0.2, -0.15) is 0 Å². The van der Waals surface area contributed by atoms with Crippen LogP contribution in [-0.2, 0) is 21.2 Å². The molecule has 1 aromatic heterocycles. The number of sulfone groups is 1. The molecule has 0 aromatic carbocycles. The third-order valence-electron chi connectivity index (χ3n) is 3.78. The Morgan fingerprint density at radius 1 is 1.35 bits per heavy atom. The zero-order valence-corrected chi connectivity index (χ0v) is 19.0. The Bertz CT molecular complexity index is 719. The van der Waals surface area contributed by atoms with E-state index in [0.29, 0.717) is 25.5 Å². The number of amides is 1. The van der Waals surface area contributed by atoms with E-state index in [9.17, 15) is 13.2 Å². The van der Waals surface area contributed by atoms with Crippen LogP contribution in [0.4, 0.5) is 0 Å². The number of hydrogen-bond acceptors (Lipinski definition) is 5. The molecule has 0 bridgehead atoms. The lowest BCUT2D eigenvalue weighted by atomic mass is 10.2. The predicted molar refractivity (Wildman–Crippen MR) is 117 cm³/mol. The summed E-state index contributed by atoms with van der Waals surface area (Å²) >= 11 is 1.72. The summed E-state index contributed by atoms with van der Waals surface area (Å²) in [5.41, 5.74) is 0. The van der Waals surface area contributed by atoms with Crippen LogP contribution in [0.15, 0.2) is 17.1 Å². The van der Waals surface area contributed by atoms with Crippen LogP contribution in [0.3, 0.4) is 0 Å². The maximum atomic E-state index is 11.9. The Morgan fingerprint density at radius 2 is 2.12 bits per heavy atom. The molecule has 1 amide bonds. The maximum Gasteiger partial charge on any atom is 0.222 e. The molecule has 2 heterocycles. The predicted octanol–water partition coefficient (Wildman–Crippen LogP) is 1.42. The molecule has 0 spiro atoms. The van der Waals surface area contributed by atoms with Crippen LogP contribution in [-0.4, -0.2) is 50.9 Å². The van der Waals surface area contributed by atoms with Crippen LogP contribution in [0, 0.1) is 6.92 Å². The molecule has 26 heavy (non-hydrogen) atoms. The summed E-state index contributed by atoms with van der Waals surface area (Å²) in [6, 6.07) is 3.89. The molecule has 1 unspecified atom stereocenters. The summed E-state index contributed by atoms with van der Waals surface area (Å²) in [6.45, 7) is 5.83. The fourth-order valence-electron chi connectivity index (χ4n) is 2.57. The van der Waals surface area contributed by atoms with E-state index in [-0.39, 0.29) is 53.9 Å². The second-order valence-electron chi connectivity index (χ2n) is 6.05. The summed E-state index contributed by atoms with van der Waals surface area (Å²) in [5, 5.41) is 9.07. The maximum absolute atomic E-state index is 11.9. The highest BCUT2D eigenvalue weighted by atomic mass is 127. The Morgan fingerprint density at radius 3 is 2.69 bits per heavy atom. The molecule has 0 aliphatic carbocycles. The van der Waals surface area contributed by atoms with Crippen molar-refractivity contribution in [2.75, 3.05) is 24.6 Å². The zero-order chi connectivity index (χ0) is 18.3. The van der Waals surface area contributed by atoms with Crippen LogP contribution < -0.4 is 16.0 Å². The molecule has 1 aliphatic heterocycles. The van der Waals surface area contributed by atoms with Gasteiger partial charge in [0, 0.05) is 35.3 Å². The van der Waals surface area contributed by atoms with Crippen LogP contribution >= 0.6 is 35.3 Å². The van der Waals surface area contributed by atoms with E-state index in [0.717, 1.165) is 6.54 Å².